The summed E-state index contributed by atoms with van der Waals surface area (Å²) in [6.07, 6.45) is -1.41. The molecule has 2 N–H and O–H groups in total. The molecule has 0 heterocycles. The van der Waals surface area contributed by atoms with Crippen molar-refractivity contribution in [3.63, 3.8) is 0 Å². The Morgan fingerprint density at radius 3 is 2.25 bits per heavy atom. The number of aliphatic carboxylic acids is 1. The number of benzene rings is 1. The van der Waals surface area contributed by atoms with Gasteiger partial charge in [-0.3, -0.25) is 0 Å². The predicted molar refractivity (Wildman–Crippen MR) is 47.0 cm³/mol. The van der Waals surface area contributed by atoms with Crippen LogP contribution >= 0.6 is 0 Å². The summed E-state index contributed by atoms with van der Waals surface area (Å²) < 4.78 is 0. The Morgan fingerprint density at radius 2 is 1.83 bits per heavy atom. The molecule has 62 valence electrons. The molecule has 3 nitrogen and oxygen atoms in total. The second-order valence-corrected chi connectivity index (χ2v) is 2.15. The van der Waals surface area contributed by atoms with Gasteiger partial charge in [-0.25, -0.2) is 4.79 Å². The molecule has 1 rings (SSSR count). The number of carbonyl (C=O) groups is 1. The third-order valence-electron chi connectivity index (χ3n) is 1.35. The average molecular weight is 178 g/mol. The molecule has 0 saturated carbocycles. The van der Waals surface area contributed by atoms with E-state index in [0.717, 1.165) is 0 Å². The van der Waals surface area contributed by atoms with Gasteiger partial charge in [-0.15, -0.1) is 0 Å². The fourth-order valence-electron chi connectivity index (χ4n) is 0.778. The summed E-state index contributed by atoms with van der Waals surface area (Å²) in [5.41, 5.74) is 0.403. The molecule has 0 unspecified atom stereocenters. The van der Waals surface area contributed by atoms with Gasteiger partial charge in [0.15, 0.2) is 6.10 Å². The minimum atomic E-state index is -1.41. The second-order valence-electron chi connectivity index (χ2n) is 2.15. The van der Waals surface area contributed by atoms with E-state index in [1.807, 2.05) is 0 Å². The first-order valence-corrected chi connectivity index (χ1v) is 3.17. The average Bonchev–Trinajstić information content (AvgIpc) is 2.05. The molecule has 0 fully saturated rings. The molecule has 0 aliphatic carbocycles. The monoisotopic (exact) mass is 178 g/mol. The van der Waals surface area contributed by atoms with Crippen molar-refractivity contribution in [2.24, 2.45) is 0 Å². The summed E-state index contributed by atoms with van der Waals surface area (Å²) in [6, 6.07) is 8.26. The Balaban J connectivity index is -0.000000403. The van der Waals surface area contributed by atoms with Crippen molar-refractivity contribution in [2.75, 3.05) is 0 Å². The van der Waals surface area contributed by atoms with Crippen LogP contribution in [0, 0.1) is 0 Å². The molecule has 0 aliphatic rings. The van der Waals surface area contributed by atoms with Gasteiger partial charge in [-0.2, -0.15) is 0 Å². The zero-order chi connectivity index (χ0) is 8.27. The van der Waals surface area contributed by atoms with Crippen molar-refractivity contribution in [3.8, 4) is 0 Å². The Kier molecular flexibility index (Phi) is 4.88. The van der Waals surface area contributed by atoms with E-state index < -0.39 is 12.1 Å². The molecule has 4 heteroatoms. The fraction of sp³-hybridized carbons (Fsp3) is 0.125. The number of hydrogen-bond donors (Lipinski definition) is 2. The van der Waals surface area contributed by atoms with Gasteiger partial charge in [0, 0.05) is 0 Å². The molecular formula is C8H10MgO3. The van der Waals surface area contributed by atoms with Crippen LogP contribution in [0.15, 0.2) is 30.3 Å². The Labute approximate surface area is 89.2 Å². The third kappa shape index (κ3) is 2.81. The van der Waals surface area contributed by atoms with Crippen LogP contribution in [0.4, 0.5) is 0 Å². The summed E-state index contributed by atoms with van der Waals surface area (Å²) >= 11 is 0. The van der Waals surface area contributed by atoms with E-state index in [1.54, 1.807) is 30.3 Å². The quantitative estimate of drug-likeness (QED) is 0.654. The first-order valence-electron chi connectivity index (χ1n) is 3.17. The Morgan fingerprint density at radius 1 is 1.33 bits per heavy atom. The van der Waals surface area contributed by atoms with Gasteiger partial charge in [-0.1, -0.05) is 30.3 Å². The summed E-state index contributed by atoms with van der Waals surface area (Å²) in [5, 5.41) is 17.4. The summed E-state index contributed by atoms with van der Waals surface area (Å²) in [4.78, 5) is 10.2. The van der Waals surface area contributed by atoms with Crippen molar-refractivity contribution in [2.45, 2.75) is 6.10 Å². The zero-order valence-electron chi connectivity index (χ0n) is 8.47. The number of carboxylic acids is 1. The largest absolute Gasteiger partial charge is 2.00 e. The molecule has 0 aliphatic heterocycles. The summed E-state index contributed by atoms with van der Waals surface area (Å²) in [6.45, 7) is 0. The molecule has 1 aromatic carbocycles. The van der Waals surface area contributed by atoms with Crippen LogP contribution in [-0.2, 0) is 4.79 Å². The summed E-state index contributed by atoms with van der Waals surface area (Å²) in [7, 11) is 0. The van der Waals surface area contributed by atoms with Crippen molar-refractivity contribution in [3.05, 3.63) is 35.9 Å². The van der Waals surface area contributed by atoms with Crippen LogP contribution in [0.1, 0.15) is 14.5 Å². The Bertz CT molecular complexity index is 256. The maximum atomic E-state index is 10.2. The third-order valence-corrected chi connectivity index (χ3v) is 1.35. The summed E-state index contributed by atoms with van der Waals surface area (Å²) in [5.74, 6) is -1.23. The molecule has 0 amide bonds. The van der Waals surface area contributed by atoms with Crippen molar-refractivity contribution in [1.82, 2.24) is 0 Å². The maximum absolute atomic E-state index is 10.2. The molecule has 1 aromatic rings. The number of rotatable bonds is 2. The maximum Gasteiger partial charge on any atom is 2.00 e. The van der Waals surface area contributed by atoms with Crippen LogP contribution in [0.25, 0.3) is 0 Å². The van der Waals surface area contributed by atoms with E-state index in [4.69, 9.17) is 10.2 Å². The molecule has 0 aromatic heterocycles. The number of carboxylic acid groups (broad SMARTS) is 1. The first-order chi connectivity index (χ1) is 5.22. The molecule has 0 radical (unpaired) electrons. The van der Waals surface area contributed by atoms with E-state index in [9.17, 15) is 4.79 Å². The molecule has 1 atom stereocenters. The molecule has 0 bridgehead atoms. The normalized spacial score (nSPS) is 11.4. The van der Waals surface area contributed by atoms with E-state index >= 15 is 0 Å². The van der Waals surface area contributed by atoms with Crippen LogP contribution in [0.2, 0.25) is 0 Å². The Hall–Kier alpha value is -0.584. The van der Waals surface area contributed by atoms with E-state index in [0.29, 0.717) is 5.56 Å². The fourth-order valence-corrected chi connectivity index (χ4v) is 0.778. The van der Waals surface area contributed by atoms with E-state index in [1.165, 1.54) is 0 Å². The van der Waals surface area contributed by atoms with Crippen LogP contribution in [0.5, 0.6) is 0 Å². The number of aliphatic hydroxyl groups excluding tert-OH is 1. The van der Waals surface area contributed by atoms with Crippen LogP contribution in [0.3, 0.4) is 0 Å². The van der Waals surface area contributed by atoms with Crippen molar-refractivity contribution >= 4 is 29.0 Å². The van der Waals surface area contributed by atoms with Gasteiger partial charge in [0.05, 0.1) is 0 Å². The zero-order valence-corrected chi connectivity index (χ0v) is 7.89. The van der Waals surface area contributed by atoms with Crippen LogP contribution in [-0.4, -0.2) is 39.2 Å². The number of hydrogen-bond acceptors (Lipinski definition) is 2. The molecule has 0 saturated heterocycles. The minimum Gasteiger partial charge on any atom is -1.00 e. The smallest absolute Gasteiger partial charge is 1.00 e. The van der Waals surface area contributed by atoms with Gasteiger partial charge < -0.3 is 13.1 Å². The van der Waals surface area contributed by atoms with Crippen molar-refractivity contribution in [1.29, 1.82) is 0 Å². The van der Waals surface area contributed by atoms with E-state index in [-0.39, 0.29) is 25.9 Å². The SMILES string of the molecule is O=C(O)[C@H](O)c1ccccc1.[H-].[H-].[Mg+2]. The topological polar surface area (TPSA) is 57.5 Å². The van der Waals surface area contributed by atoms with Gasteiger partial charge in [0.1, 0.15) is 0 Å². The molecule has 12 heavy (non-hydrogen) atoms. The minimum absolute atomic E-state index is 0. The van der Waals surface area contributed by atoms with Crippen LogP contribution < -0.4 is 0 Å². The predicted octanol–water partition coefficient (Wildman–Crippen LogP) is 0.649. The molecule has 0 spiro atoms. The van der Waals surface area contributed by atoms with E-state index in [2.05, 4.69) is 0 Å². The second kappa shape index (κ2) is 5.13. The van der Waals surface area contributed by atoms with Gasteiger partial charge in [0.25, 0.3) is 0 Å². The molecular weight excluding hydrogens is 168 g/mol. The van der Waals surface area contributed by atoms with Crippen molar-refractivity contribution < 1.29 is 17.9 Å². The van der Waals surface area contributed by atoms with Gasteiger partial charge >= 0.3 is 29.0 Å². The standard InChI is InChI=1S/C8H8O3.Mg.2H/c9-7(8(10)11)6-4-2-1-3-5-6;;;/h1-5,7,9H,(H,10,11);;;/q;+2;2*-1/t7-;;;/m1.../s1. The first kappa shape index (κ1) is 11.4. The van der Waals surface area contributed by atoms with Gasteiger partial charge in [0.2, 0.25) is 0 Å². The van der Waals surface area contributed by atoms with Gasteiger partial charge in [-0.05, 0) is 5.56 Å². The number of aliphatic hydroxyl groups is 1.